The molecular weight excluding hydrogens is 277 g/mol. The van der Waals surface area contributed by atoms with Crippen molar-refractivity contribution in [3.05, 3.63) is 41.8 Å². The summed E-state index contributed by atoms with van der Waals surface area (Å²) in [5.74, 6) is 0. The van der Waals surface area contributed by atoms with Gasteiger partial charge in [-0.25, -0.2) is 0 Å². The van der Waals surface area contributed by atoms with E-state index in [1.165, 1.54) is 5.56 Å². The van der Waals surface area contributed by atoms with Crippen molar-refractivity contribution in [1.82, 2.24) is 0 Å². The molecule has 3 heteroatoms. The van der Waals surface area contributed by atoms with Gasteiger partial charge in [0, 0.05) is 24.5 Å². The van der Waals surface area contributed by atoms with Gasteiger partial charge in [-0.2, -0.15) is 0 Å². The number of hydrogen-bond acceptors (Lipinski definition) is 0. The minimum Gasteiger partial charge on any atom is -1.00 e. The van der Waals surface area contributed by atoms with Crippen LogP contribution in [0.2, 0.25) is 5.02 Å². The number of halogens is 2. The third kappa shape index (κ3) is 4.95. The van der Waals surface area contributed by atoms with E-state index in [0.29, 0.717) is 0 Å². The van der Waals surface area contributed by atoms with Crippen LogP contribution in [0.15, 0.2) is 24.3 Å². The Balaban J connectivity index is 0. The summed E-state index contributed by atoms with van der Waals surface area (Å²) < 4.78 is 0. The van der Waals surface area contributed by atoms with Crippen LogP contribution in [0.4, 0.5) is 0 Å². The van der Waals surface area contributed by atoms with Crippen LogP contribution in [0.5, 0.6) is 0 Å². The predicted octanol–water partition coefficient (Wildman–Crippen LogP) is -0.282. The molecule has 1 radical (unpaired) electrons. The molecule has 0 nitrogen and oxygen atoms in total. The molecule has 1 aromatic carbocycles. The first-order chi connectivity index (χ1) is 4.33. The summed E-state index contributed by atoms with van der Waals surface area (Å²) in [6.45, 7) is 3.74. The van der Waals surface area contributed by atoms with Gasteiger partial charge in [-0.05, 0) is 31.0 Å². The maximum absolute atomic E-state index is 5.70. The van der Waals surface area contributed by atoms with Gasteiger partial charge in [0.05, 0.1) is 0 Å². The zero-order chi connectivity index (χ0) is 6.69. The molecular formula is C8H8BrClZn-. The van der Waals surface area contributed by atoms with E-state index in [9.17, 15) is 0 Å². The summed E-state index contributed by atoms with van der Waals surface area (Å²) in [6, 6.07) is 7.73. The molecule has 0 aromatic heterocycles. The van der Waals surface area contributed by atoms with Crippen LogP contribution in [0.1, 0.15) is 5.56 Å². The van der Waals surface area contributed by atoms with Crippen molar-refractivity contribution < 1.29 is 36.5 Å². The molecule has 1 aromatic rings. The third-order valence-corrected chi connectivity index (χ3v) is 1.41. The first-order valence-corrected chi connectivity index (χ1v) is 3.24. The van der Waals surface area contributed by atoms with Gasteiger partial charge >= 0.3 is 0 Å². The summed E-state index contributed by atoms with van der Waals surface area (Å²) in [7, 11) is 0. The van der Waals surface area contributed by atoms with Crippen LogP contribution in [-0.4, -0.2) is 0 Å². The minimum absolute atomic E-state index is 0. The van der Waals surface area contributed by atoms with Gasteiger partial charge < -0.3 is 17.0 Å². The van der Waals surface area contributed by atoms with Gasteiger partial charge in [-0.15, -0.1) is 0 Å². The van der Waals surface area contributed by atoms with Crippen molar-refractivity contribution in [3.63, 3.8) is 0 Å². The Labute approximate surface area is 95.9 Å². The van der Waals surface area contributed by atoms with Gasteiger partial charge in [0.25, 0.3) is 0 Å². The summed E-state index contributed by atoms with van der Waals surface area (Å²) in [5, 5.41) is 0.788. The van der Waals surface area contributed by atoms with E-state index in [-0.39, 0.29) is 36.5 Å². The zero-order valence-electron chi connectivity index (χ0n) is 6.19. The average Bonchev–Trinajstić information content (AvgIpc) is 1.88. The van der Waals surface area contributed by atoms with Crippen LogP contribution in [0.3, 0.4) is 0 Å². The Morgan fingerprint density at radius 3 is 2.36 bits per heavy atom. The molecule has 0 atom stereocenters. The average molecular weight is 285 g/mol. The molecule has 0 aliphatic rings. The maximum Gasteiger partial charge on any atom is 0.0408 e. The summed E-state index contributed by atoms with van der Waals surface area (Å²) >= 11 is 5.70. The van der Waals surface area contributed by atoms with Crippen molar-refractivity contribution in [2.24, 2.45) is 0 Å². The smallest absolute Gasteiger partial charge is 0.0408 e. The molecule has 0 saturated carbocycles. The molecule has 0 aliphatic heterocycles. The second kappa shape index (κ2) is 7.27. The summed E-state index contributed by atoms with van der Waals surface area (Å²) in [4.78, 5) is 0. The first-order valence-electron chi connectivity index (χ1n) is 2.86. The second-order valence-corrected chi connectivity index (χ2v) is 2.32. The van der Waals surface area contributed by atoms with Gasteiger partial charge in [0.2, 0.25) is 0 Å². The Kier molecular flexibility index (Phi) is 9.36. The fourth-order valence-corrected chi connectivity index (χ4v) is 0.905. The van der Waals surface area contributed by atoms with Crippen molar-refractivity contribution in [1.29, 1.82) is 0 Å². The number of rotatable bonds is 1. The Morgan fingerprint density at radius 2 is 2.00 bits per heavy atom. The van der Waals surface area contributed by atoms with Crippen LogP contribution in [0.25, 0.3) is 0 Å². The Hall–Kier alpha value is 0.613. The molecule has 0 heterocycles. The van der Waals surface area contributed by atoms with Gasteiger partial charge in [0.15, 0.2) is 0 Å². The Morgan fingerprint density at radius 1 is 1.36 bits per heavy atom. The molecule has 0 N–H and O–H groups in total. The van der Waals surface area contributed by atoms with E-state index in [4.69, 9.17) is 11.6 Å². The Bertz CT molecular complexity index is 203. The molecule has 11 heavy (non-hydrogen) atoms. The zero-order valence-corrected chi connectivity index (χ0v) is 11.5. The number of benzene rings is 1. The second-order valence-electron chi connectivity index (χ2n) is 1.88. The van der Waals surface area contributed by atoms with Gasteiger partial charge in [0.1, 0.15) is 0 Å². The van der Waals surface area contributed by atoms with E-state index < -0.39 is 0 Å². The van der Waals surface area contributed by atoms with E-state index in [0.717, 1.165) is 11.4 Å². The van der Waals surface area contributed by atoms with Gasteiger partial charge in [-0.3, -0.25) is 0 Å². The van der Waals surface area contributed by atoms with Crippen molar-refractivity contribution >= 4 is 11.6 Å². The van der Waals surface area contributed by atoms with Crippen LogP contribution in [-0.2, 0) is 25.9 Å². The molecule has 0 spiro atoms. The molecule has 0 aliphatic carbocycles. The van der Waals surface area contributed by atoms with Crippen molar-refractivity contribution in [3.8, 4) is 0 Å². The summed E-state index contributed by atoms with van der Waals surface area (Å²) in [6.07, 6.45) is 0.806. The third-order valence-electron chi connectivity index (χ3n) is 1.18. The fraction of sp³-hybridized carbons (Fsp3) is 0.125. The van der Waals surface area contributed by atoms with Gasteiger partial charge in [-0.1, -0.05) is 23.7 Å². The molecule has 0 unspecified atom stereocenters. The standard InChI is InChI=1S/C8H8Cl.BrH.Zn/c1-2-7-4-3-5-8(9)6-7;;/h3-6H,1-2H2;1H;/p-1. The van der Waals surface area contributed by atoms with E-state index >= 15 is 0 Å². The SMILES string of the molecule is [Br-].[CH2]Cc1cccc(Cl)c1.[Zn]. The number of hydrogen-bond donors (Lipinski definition) is 0. The molecule has 1 rings (SSSR count). The molecule has 57 valence electrons. The molecule has 0 saturated heterocycles. The van der Waals surface area contributed by atoms with Crippen LogP contribution >= 0.6 is 11.6 Å². The van der Waals surface area contributed by atoms with Crippen LogP contribution in [0, 0.1) is 6.92 Å². The predicted molar refractivity (Wildman–Crippen MR) is 40.5 cm³/mol. The molecule has 0 bridgehead atoms. The van der Waals surface area contributed by atoms with E-state index in [1.54, 1.807) is 0 Å². The van der Waals surface area contributed by atoms with Crippen molar-refractivity contribution in [2.45, 2.75) is 6.42 Å². The van der Waals surface area contributed by atoms with E-state index in [2.05, 4.69) is 6.92 Å². The van der Waals surface area contributed by atoms with Crippen LogP contribution < -0.4 is 17.0 Å². The molecule has 0 fully saturated rings. The van der Waals surface area contributed by atoms with E-state index in [1.807, 2.05) is 24.3 Å². The fourth-order valence-electron chi connectivity index (χ4n) is 0.692. The molecule has 0 amide bonds. The monoisotopic (exact) mass is 282 g/mol. The normalized spacial score (nSPS) is 7.82. The topological polar surface area (TPSA) is 0 Å². The summed E-state index contributed by atoms with van der Waals surface area (Å²) in [5.41, 5.74) is 1.18. The maximum atomic E-state index is 5.70. The van der Waals surface area contributed by atoms with Crippen molar-refractivity contribution in [2.75, 3.05) is 0 Å². The first kappa shape index (κ1) is 14.2. The quantitative estimate of drug-likeness (QED) is 0.623. The largest absolute Gasteiger partial charge is 1.00 e. The minimum atomic E-state index is 0.